The molecule has 0 aliphatic carbocycles. The molecule has 1 atom stereocenters. The Balaban J connectivity index is 2.40. The van der Waals surface area contributed by atoms with E-state index in [1.807, 2.05) is 6.07 Å². The molecule has 1 aromatic carbocycles. The lowest BCUT2D eigenvalue weighted by atomic mass is 9.90. The van der Waals surface area contributed by atoms with Crippen LogP contribution in [0.5, 0.6) is 0 Å². The van der Waals surface area contributed by atoms with E-state index in [4.69, 9.17) is 11.6 Å². The molecule has 1 aliphatic rings. The lowest BCUT2D eigenvalue weighted by Gasteiger charge is -2.13. The minimum atomic E-state index is 0.619. The predicted octanol–water partition coefficient (Wildman–Crippen LogP) is 3.51. The van der Waals surface area contributed by atoms with Gasteiger partial charge in [0, 0.05) is 23.2 Å². The molecule has 1 heterocycles. The normalized spacial score (nSPS) is 20.2. The molecule has 1 aromatic rings. The fourth-order valence-corrected chi connectivity index (χ4v) is 2.11. The van der Waals surface area contributed by atoms with Gasteiger partial charge in [0.1, 0.15) is 0 Å². The summed E-state index contributed by atoms with van der Waals surface area (Å²) >= 11 is 5.97. The molecule has 1 aliphatic heterocycles. The maximum absolute atomic E-state index is 5.97. The van der Waals surface area contributed by atoms with Crippen LogP contribution in [0.1, 0.15) is 25.3 Å². The Morgan fingerprint density at radius 1 is 1.46 bits per heavy atom. The van der Waals surface area contributed by atoms with Crippen molar-refractivity contribution in [3.63, 3.8) is 0 Å². The van der Waals surface area contributed by atoms with Crippen LogP contribution in [-0.2, 0) is 0 Å². The molecule has 70 valence electrons. The molecule has 0 amide bonds. The van der Waals surface area contributed by atoms with Crippen molar-refractivity contribution in [2.24, 2.45) is 5.92 Å². The monoisotopic (exact) mass is 195 g/mol. The van der Waals surface area contributed by atoms with E-state index < -0.39 is 0 Å². The first-order chi connectivity index (χ1) is 6.18. The highest BCUT2D eigenvalue weighted by Crippen LogP contribution is 2.37. The van der Waals surface area contributed by atoms with Crippen molar-refractivity contribution in [2.75, 3.05) is 11.9 Å². The van der Waals surface area contributed by atoms with Crippen molar-refractivity contribution in [3.8, 4) is 0 Å². The fourth-order valence-electron chi connectivity index (χ4n) is 1.93. The number of benzene rings is 1. The third kappa shape index (κ3) is 1.53. The zero-order valence-corrected chi connectivity index (χ0v) is 8.73. The number of nitrogens with one attached hydrogen (secondary N) is 1. The Labute approximate surface area is 84.1 Å². The van der Waals surface area contributed by atoms with Crippen molar-refractivity contribution < 1.29 is 0 Å². The second-order valence-corrected chi connectivity index (χ2v) is 4.40. The molecule has 0 radical (unpaired) electrons. The molecule has 13 heavy (non-hydrogen) atoms. The summed E-state index contributed by atoms with van der Waals surface area (Å²) in [6.45, 7) is 5.55. The van der Waals surface area contributed by atoms with E-state index in [0.29, 0.717) is 11.8 Å². The quantitative estimate of drug-likeness (QED) is 0.723. The summed E-state index contributed by atoms with van der Waals surface area (Å²) in [5.74, 6) is 1.29. The Bertz CT molecular complexity index is 320. The summed E-state index contributed by atoms with van der Waals surface area (Å²) in [5.41, 5.74) is 2.63. The predicted molar refractivity (Wildman–Crippen MR) is 57.5 cm³/mol. The molecule has 1 N–H and O–H groups in total. The number of fused-ring (bicyclic) bond motifs is 1. The van der Waals surface area contributed by atoms with Crippen LogP contribution in [0.25, 0.3) is 0 Å². The average Bonchev–Trinajstić information content (AvgIpc) is 2.46. The topological polar surface area (TPSA) is 12.0 Å². The Morgan fingerprint density at radius 2 is 2.23 bits per heavy atom. The van der Waals surface area contributed by atoms with Crippen LogP contribution in [0.15, 0.2) is 18.2 Å². The largest absolute Gasteiger partial charge is 0.384 e. The summed E-state index contributed by atoms with van der Waals surface area (Å²) in [7, 11) is 0. The number of anilines is 1. The minimum Gasteiger partial charge on any atom is -0.384 e. The van der Waals surface area contributed by atoms with Crippen LogP contribution in [0.3, 0.4) is 0 Å². The van der Waals surface area contributed by atoms with Crippen molar-refractivity contribution in [1.29, 1.82) is 0 Å². The molecular formula is C11H14ClN. The summed E-state index contributed by atoms with van der Waals surface area (Å²) in [4.78, 5) is 0. The Kier molecular flexibility index (Phi) is 2.20. The first-order valence-corrected chi connectivity index (χ1v) is 5.09. The highest BCUT2D eigenvalue weighted by Gasteiger charge is 2.24. The van der Waals surface area contributed by atoms with Gasteiger partial charge in [-0.05, 0) is 29.7 Å². The molecule has 0 fully saturated rings. The molecule has 2 heteroatoms. The standard InChI is InChI=1S/C11H14ClN/c1-7(2)10-6-13-11-4-3-8(12)5-9(10)11/h3-5,7,10,13H,6H2,1-2H3/t10-/m1/s1. The summed E-state index contributed by atoms with van der Waals surface area (Å²) < 4.78 is 0. The molecule has 0 saturated carbocycles. The average molecular weight is 196 g/mol. The Hall–Kier alpha value is -0.690. The van der Waals surface area contributed by atoms with Gasteiger partial charge in [0.25, 0.3) is 0 Å². The highest BCUT2D eigenvalue weighted by molar-refractivity contribution is 6.30. The van der Waals surface area contributed by atoms with Gasteiger partial charge in [0.05, 0.1) is 0 Å². The summed E-state index contributed by atoms with van der Waals surface area (Å²) in [6.07, 6.45) is 0. The summed E-state index contributed by atoms with van der Waals surface area (Å²) in [5, 5.41) is 4.24. The second kappa shape index (κ2) is 3.22. The number of halogens is 1. The van der Waals surface area contributed by atoms with Crippen molar-refractivity contribution in [1.82, 2.24) is 0 Å². The van der Waals surface area contributed by atoms with E-state index in [2.05, 4.69) is 31.3 Å². The van der Waals surface area contributed by atoms with Crippen LogP contribution in [-0.4, -0.2) is 6.54 Å². The Morgan fingerprint density at radius 3 is 2.92 bits per heavy atom. The fraction of sp³-hybridized carbons (Fsp3) is 0.455. The molecule has 1 nitrogen and oxygen atoms in total. The SMILES string of the molecule is CC(C)[C@H]1CNc2ccc(Cl)cc21. The van der Waals surface area contributed by atoms with E-state index in [9.17, 15) is 0 Å². The van der Waals surface area contributed by atoms with E-state index in [-0.39, 0.29) is 0 Å². The van der Waals surface area contributed by atoms with Crippen LogP contribution < -0.4 is 5.32 Å². The van der Waals surface area contributed by atoms with Crippen LogP contribution in [0, 0.1) is 5.92 Å². The maximum Gasteiger partial charge on any atom is 0.0410 e. The van der Waals surface area contributed by atoms with Crippen LogP contribution >= 0.6 is 11.6 Å². The minimum absolute atomic E-state index is 0.619. The van der Waals surface area contributed by atoms with Gasteiger partial charge in [0.15, 0.2) is 0 Å². The molecule has 0 saturated heterocycles. The van der Waals surface area contributed by atoms with E-state index >= 15 is 0 Å². The van der Waals surface area contributed by atoms with Gasteiger partial charge in [-0.1, -0.05) is 25.4 Å². The number of hydrogen-bond donors (Lipinski definition) is 1. The second-order valence-electron chi connectivity index (χ2n) is 3.96. The van der Waals surface area contributed by atoms with Crippen LogP contribution in [0.2, 0.25) is 5.02 Å². The van der Waals surface area contributed by atoms with Crippen LogP contribution in [0.4, 0.5) is 5.69 Å². The zero-order valence-electron chi connectivity index (χ0n) is 7.97. The third-order valence-corrected chi connectivity index (χ3v) is 2.97. The molecule has 0 unspecified atom stereocenters. The van der Waals surface area contributed by atoms with Gasteiger partial charge in [-0.2, -0.15) is 0 Å². The number of rotatable bonds is 1. The first-order valence-electron chi connectivity index (χ1n) is 4.72. The molecule has 2 rings (SSSR count). The first kappa shape index (κ1) is 8.89. The van der Waals surface area contributed by atoms with E-state index in [0.717, 1.165) is 11.6 Å². The summed E-state index contributed by atoms with van der Waals surface area (Å²) in [6, 6.07) is 6.09. The van der Waals surface area contributed by atoms with E-state index in [1.165, 1.54) is 11.3 Å². The lowest BCUT2D eigenvalue weighted by molar-refractivity contribution is 0.533. The molecule has 0 spiro atoms. The van der Waals surface area contributed by atoms with Gasteiger partial charge < -0.3 is 5.32 Å². The molecule has 0 aromatic heterocycles. The molecular weight excluding hydrogens is 182 g/mol. The van der Waals surface area contributed by atoms with Crippen molar-refractivity contribution >= 4 is 17.3 Å². The number of hydrogen-bond acceptors (Lipinski definition) is 1. The van der Waals surface area contributed by atoms with Gasteiger partial charge in [-0.25, -0.2) is 0 Å². The van der Waals surface area contributed by atoms with Gasteiger partial charge in [-0.15, -0.1) is 0 Å². The van der Waals surface area contributed by atoms with Gasteiger partial charge in [0.2, 0.25) is 0 Å². The van der Waals surface area contributed by atoms with Gasteiger partial charge >= 0.3 is 0 Å². The van der Waals surface area contributed by atoms with Crippen molar-refractivity contribution in [3.05, 3.63) is 28.8 Å². The molecule has 0 bridgehead atoms. The van der Waals surface area contributed by atoms with E-state index in [1.54, 1.807) is 0 Å². The lowest BCUT2D eigenvalue weighted by Crippen LogP contribution is -2.08. The van der Waals surface area contributed by atoms with Gasteiger partial charge in [-0.3, -0.25) is 0 Å². The third-order valence-electron chi connectivity index (χ3n) is 2.73. The van der Waals surface area contributed by atoms with Crippen molar-refractivity contribution in [2.45, 2.75) is 19.8 Å². The maximum atomic E-state index is 5.97. The highest BCUT2D eigenvalue weighted by atomic mass is 35.5. The zero-order chi connectivity index (χ0) is 9.42. The smallest absolute Gasteiger partial charge is 0.0410 e.